The molecule has 0 bridgehead atoms. The van der Waals surface area contributed by atoms with Crippen LogP contribution in [0.1, 0.15) is 48.4 Å². The molecule has 0 unspecified atom stereocenters. The standard InChI is InChI=1S/C32H27NO4/c1-19(34)37-28-15-13-22(18-29(28)36-2)32-31-25(16-23(17-27(31)35)20-8-4-3-5-9-20)30-24-11-7-6-10-21(24)12-14-26(30)33-32/h3-15,18,23,32-33H,16-17H2,1-2H3/t23-,32+/m1/s1. The van der Waals surface area contributed by atoms with Gasteiger partial charge in [-0.2, -0.15) is 0 Å². The van der Waals surface area contributed by atoms with Crippen LogP contribution in [-0.2, 0) is 9.59 Å². The minimum absolute atomic E-state index is 0.124. The molecule has 0 saturated carbocycles. The zero-order chi connectivity index (χ0) is 25.5. The zero-order valence-electron chi connectivity index (χ0n) is 20.8. The number of ether oxygens (including phenoxy) is 2. The quantitative estimate of drug-likeness (QED) is 0.251. The maximum absolute atomic E-state index is 13.9. The number of ketones is 1. The molecule has 0 aromatic heterocycles. The van der Waals surface area contributed by atoms with E-state index in [-0.39, 0.29) is 17.7 Å². The topological polar surface area (TPSA) is 64.6 Å². The van der Waals surface area contributed by atoms with Crippen molar-refractivity contribution < 1.29 is 19.1 Å². The summed E-state index contributed by atoms with van der Waals surface area (Å²) in [6, 6.07) is 28.0. The van der Waals surface area contributed by atoms with E-state index >= 15 is 0 Å². The van der Waals surface area contributed by atoms with Crippen molar-refractivity contribution in [1.29, 1.82) is 0 Å². The number of carbonyl (C=O) groups is 2. The van der Waals surface area contributed by atoms with E-state index in [0.29, 0.717) is 17.9 Å². The lowest BCUT2D eigenvalue weighted by molar-refractivity contribution is -0.132. The van der Waals surface area contributed by atoms with Gasteiger partial charge in [0.1, 0.15) is 0 Å². The van der Waals surface area contributed by atoms with Gasteiger partial charge in [-0.3, -0.25) is 9.59 Å². The average molecular weight is 490 g/mol. The molecule has 0 radical (unpaired) electrons. The molecule has 0 fully saturated rings. The lowest BCUT2D eigenvalue weighted by Crippen LogP contribution is -2.29. The third-order valence-corrected chi connectivity index (χ3v) is 7.37. The first-order chi connectivity index (χ1) is 18.0. The van der Waals surface area contributed by atoms with E-state index in [9.17, 15) is 9.59 Å². The zero-order valence-corrected chi connectivity index (χ0v) is 20.8. The highest BCUT2D eigenvalue weighted by molar-refractivity contribution is 6.13. The van der Waals surface area contributed by atoms with Gasteiger partial charge >= 0.3 is 5.97 Å². The van der Waals surface area contributed by atoms with E-state index in [0.717, 1.165) is 45.2 Å². The molecule has 0 spiro atoms. The Morgan fingerprint density at radius 3 is 2.43 bits per heavy atom. The number of rotatable bonds is 4. The first kappa shape index (κ1) is 23.0. The van der Waals surface area contributed by atoms with E-state index < -0.39 is 5.97 Å². The first-order valence-corrected chi connectivity index (χ1v) is 12.5. The molecule has 1 N–H and O–H groups in total. The number of hydrogen-bond donors (Lipinski definition) is 1. The van der Waals surface area contributed by atoms with Crippen LogP contribution >= 0.6 is 0 Å². The van der Waals surface area contributed by atoms with Gasteiger partial charge in [0, 0.05) is 30.2 Å². The molecule has 2 aliphatic rings. The predicted octanol–water partition coefficient (Wildman–Crippen LogP) is 6.84. The number of esters is 1. The molecule has 1 aliphatic heterocycles. The van der Waals surface area contributed by atoms with Crippen LogP contribution in [0.5, 0.6) is 11.5 Å². The molecule has 2 atom stereocenters. The van der Waals surface area contributed by atoms with Crippen molar-refractivity contribution in [3.63, 3.8) is 0 Å². The van der Waals surface area contributed by atoms with Crippen LogP contribution in [0, 0.1) is 0 Å². The van der Waals surface area contributed by atoms with Gasteiger partial charge in [0.25, 0.3) is 0 Å². The highest BCUT2D eigenvalue weighted by Gasteiger charge is 2.38. The smallest absolute Gasteiger partial charge is 0.308 e. The molecule has 0 amide bonds. The summed E-state index contributed by atoms with van der Waals surface area (Å²) in [5.74, 6) is 0.663. The fourth-order valence-electron chi connectivity index (χ4n) is 5.76. The molecule has 5 nitrogen and oxygen atoms in total. The Morgan fingerprint density at radius 1 is 0.865 bits per heavy atom. The fraction of sp³-hybridized carbons (Fsp3) is 0.188. The molecule has 1 aliphatic carbocycles. The summed E-state index contributed by atoms with van der Waals surface area (Å²) in [5, 5.41) is 5.95. The van der Waals surface area contributed by atoms with E-state index in [2.05, 4.69) is 41.7 Å². The van der Waals surface area contributed by atoms with Crippen LogP contribution in [0.4, 0.5) is 5.69 Å². The second kappa shape index (κ2) is 9.25. The number of fused-ring (bicyclic) bond motifs is 4. The summed E-state index contributed by atoms with van der Waals surface area (Å²) in [4.78, 5) is 25.5. The molecule has 1 heterocycles. The third kappa shape index (κ3) is 4.06. The van der Waals surface area contributed by atoms with Gasteiger partial charge in [0.15, 0.2) is 17.3 Å². The van der Waals surface area contributed by atoms with Gasteiger partial charge in [0.2, 0.25) is 0 Å². The number of Topliss-reactive ketones (excluding diaryl/α,β-unsaturated/α-hetero) is 1. The maximum Gasteiger partial charge on any atom is 0.308 e. The van der Waals surface area contributed by atoms with Crippen molar-refractivity contribution >= 4 is 33.8 Å². The number of anilines is 1. The third-order valence-electron chi connectivity index (χ3n) is 7.37. The Labute approximate surface area is 215 Å². The second-order valence-electron chi connectivity index (χ2n) is 9.62. The van der Waals surface area contributed by atoms with Crippen molar-refractivity contribution in [3.05, 3.63) is 107 Å². The minimum Gasteiger partial charge on any atom is -0.493 e. The Morgan fingerprint density at radius 2 is 1.65 bits per heavy atom. The monoisotopic (exact) mass is 489 g/mol. The molecule has 0 saturated heterocycles. The SMILES string of the molecule is COc1cc([C@@H]2Nc3ccc4ccccc4c3C3=C2C(=O)C[C@H](c2ccccc2)C3)ccc1OC(C)=O. The lowest BCUT2D eigenvalue weighted by atomic mass is 9.71. The average Bonchev–Trinajstić information content (AvgIpc) is 2.92. The van der Waals surface area contributed by atoms with Crippen molar-refractivity contribution in [2.24, 2.45) is 0 Å². The van der Waals surface area contributed by atoms with Crippen LogP contribution < -0.4 is 14.8 Å². The van der Waals surface area contributed by atoms with Crippen molar-refractivity contribution in [2.45, 2.75) is 31.7 Å². The fourth-order valence-corrected chi connectivity index (χ4v) is 5.76. The second-order valence-corrected chi connectivity index (χ2v) is 9.62. The number of hydrogen-bond acceptors (Lipinski definition) is 5. The van der Waals surface area contributed by atoms with Crippen LogP contribution in [-0.4, -0.2) is 18.9 Å². The summed E-state index contributed by atoms with van der Waals surface area (Å²) < 4.78 is 10.8. The maximum atomic E-state index is 13.9. The van der Waals surface area contributed by atoms with Gasteiger partial charge in [-0.05, 0) is 58.0 Å². The van der Waals surface area contributed by atoms with E-state index in [1.807, 2.05) is 42.5 Å². The van der Waals surface area contributed by atoms with E-state index in [4.69, 9.17) is 9.47 Å². The Kier molecular flexibility index (Phi) is 5.76. The van der Waals surface area contributed by atoms with Crippen LogP contribution in [0.15, 0.2) is 90.5 Å². The normalized spacial score (nSPS) is 18.6. The Bertz CT molecular complexity index is 1570. The highest BCUT2D eigenvalue weighted by Crippen LogP contribution is 2.51. The Balaban J connectivity index is 1.53. The van der Waals surface area contributed by atoms with Crippen molar-refractivity contribution in [1.82, 2.24) is 0 Å². The largest absolute Gasteiger partial charge is 0.493 e. The number of nitrogens with one attached hydrogen (secondary N) is 1. The van der Waals surface area contributed by atoms with E-state index in [1.165, 1.54) is 12.5 Å². The predicted molar refractivity (Wildman–Crippen MR) is 145 cm³/mol. The number of carbonyl (C=O) groups excluding carboxylic acids is 2. The summed E-state index contributed by atoms with van der Waals surface area (Å²) in [7, 11) is 1.54. The van der Waals surface area contributed by atoms with Gasteiger partial charge in [-0.1, -0.05) is 66.7 Å². The number of benzene rings is 4. The van der Waals surface area contributed by atoms with Crippen LogP contribution in [0.3, 0.4) is 0 Å². The minimum atomic E-state index is -0.415. The summed E-state index contributed by atoms with van der Waals surface area (Å²) in [6.07, 6.45) is 1.25. The summed E-state index contributed by atoms with van der Waals surface area (Å²) >= 11 is 0. The molecule has 4 aromatic carbocycles. The number of allylic oxidation sites excluding steroid dienone is 1. The number of methoxy groups -OCH3 is 1. The molecular weight excluding hydrogens is 462 g/mol. The Hall–Kier alpha value is -4.38. The van der Waals surface area contributed by atoms with Gasteiger partial charge < -0.3 is 14.8 Å². The highest BCUT2D eigenvalue weighted by atomic mass is 16.6. The first-order valence-electron chi connectivity index (χ1n) is 12.5. The van der Waals surface area contributed by atoms with Crippen LogP contribution in [0.25, 0.3) is 16.3 Å². The molecule has 5 heteroatoms. The van der Waals surface area contributed by atoms with E-state index in [1.54, 1.807) is 13.2 Å². The summed E-state index contributed by atoms with van der Waals surface area (Å²) in [6.45, 7) is 1.36. The molecule has 4 aromatic rings. The molecule has 6 rings (SSSR count). The van der Waals surface area contributed by atoms with Crippen LogP contribution in [0.2, 0.25) is 0 Å². The molecule has 37 heavy (non-hydrogen) atoms. The van der Waals surface area contributed by atoms with Gasteiger partial charge in [-0.15, -0.1) is 0 Å². The van der Waals surface area contributed by atoms with Crippen molar-refractivity contribution in [2.75, 3.05) is 12.4 Å². The molecular formula is C32H27NO4. The lowest BCUT2D eigenvalue weighted by Gasteiger charge is -2.37. The summed E-state index contributed by atoms with van der Waals surface area (Å²) in [5.41, 5.74) is 6.09. The van der Waals surface area contributed by atoms with Gasteiger partial charge in [-0.25, -0.2) is 0 Å². The van der Waals surface area contributed by atoms with Gasteiger partial charge in [0.05, 0.1) is 13.2 Å². The molecule has 184 valence electrons. The van der Waals surface area contributed by atoms with Crippen molar-refractivity contribution in [3.8, 4) is 11.5 Å².